The standard InChI is InChI=1S/C22H28F3N5O/c1-26-21(29-12-11-28-20-19(22(23,24)25)8-5-10-27-20)30-13-9-18(14-30)16-31-15-17-6-3-2-4-7-17/h2-8,10,18H,9,11-16H2,1H3,(H,26,29)(H,27,28). The molecule has 1 aromatic carbocycles. The Morgan fingerprint density at radius 2 is 2.00 bits per heavy atom. The Hall–Kier alpha value is -2.81. The second kappa shape index (κ2) is 11.0. The highest BCUT2D eigenvalue weighted by Crippen LogP contribution is 2.33. The third-order valence-electron chi connectivity index (χ3n) is 5.08. The average Bonchev–Trinajstić information content (AvgIpc) is 3.23. The third kappa shape index (κ3) is 6.85. The number of alkyl halides is 3. The van der Waals surface area contributed by atoms with Gasteiger partial charge in [-0.3, -0.25) is 4.99 Å². The maximum atomic E-state index is 13.0. The SMILES string of the molecule is CN=C(NCCNc1ncccc1C(F)(F)F)N1CCC(COCc2ccccc2)C1. The molecule has 1 saturated heterocycles. The van der Waals surface area contributed by atoms with Gasteiger partial charge in [0.15, 0.2) is 5.96 Å². The Morgan fingerprint density at radius 3 is 2.74 bits per heavy atom. The van der Waals surface area contributed by atoms with Gasteiger partial charge in [0.1, 0.15) is 5.82 Å². The Kier molecular flexibility index (Phi) is 8.11. The average molecular weight is 435 g/mol. The number of likely N-dealkylation sites (tertiary alicyclic amines) is 1. The molecule has 3 rings (SSSR count). The van der Waals surface area contributed by atoms with E-state index in [0.29, 0.717) is 25.7 Å². The molecule has 1 aliphatic heterocycles. The van der Waals surface area contributed by atoms with Crippen molar-refractivity contribution in [2.24, 2.45) is 10.9 Å². The second-order valence-electron chi connectivity index (χ2n) is 7.40. The molecule has 9 heteroatoms. The van der Waals surface area contributed by atoms with E-state index < -0.39 is 11.7 Å². The van der Waals surface area contributed by atoms with Crippen LogP contribution in [0.1, 0.15) is 17.5 Å². The number of hydrogen-bond acceptors (Lipinski definition) is 4. The maximum Gasteiger partial charge on any atom is 0.419 e. The number of benzene rings is 1. The topological polar surface area (TPSA) is 61.8 Å². The fraction of sp³-hybridized carbons (Fsp3) is 0.455. The van der Waals surface area contributed by atoms with E-state index in [1.54, 1.807) is 7.05 Å². The molecule has 2 heterocycles. The minimum Gasteiger partial charge on any atom is -0.376 e. The van der Waals surface area contributed by atoms with Crippen LogP contribution in [0.4, 0.5) is 19.0 Å². The van der Waals surface area contributed by atoms with Gasteiger partial charge in [0.25, 0.3) is 0 Å². The summed E-state index contributed by atoms with van der Waals surface area (Å²) < 4.78 is 45.0. The monoisotopic (exact) mass is 435 g/mol. The Labute approximate surface area is 180 Å². The summed E-state index contributed by atoms with van der Waals surface area (Å²) in [7, 11) is 1.70. The lowest BCUT2D eigenvalue weighted by Gasteiger charge is -2.22. The molecule has 1 fully saturated rings. The molecular weight excluding hydrogens is 407 g/mol. The van der Waals surface area contributed by atoms with E-state index in [-0.39, 0.29) is 12.4 Å². The van der Waals surface area contributed by atoms with E-state index in [1.807, 2.05) is 30.3 Å². The van der Waals surface area contributed by atoms with Crippen molar-refractivity contribution in [1.29, 1.82) is 0 Å². The number of nitrogens with zero attached hydrogens (tertiary/aromatic N) is 3. The quantitative estimate of drug-likeness (QED) is 0.377. The van der Waals surface area contributed by atoms with Gasteiger partial charge in [0, 0.05) is 45.3 Å². The van der Waals surface area contributed by atoms with Gasteiger partial charge in [0.2, 0.25) is 0 Å². The van der Waals surface area contributed by atoms with Gasteiger partial charge in [0.05, 0.1) is 18.8 Å². The molecule has 1 unspecified atom stereocenters. The van der Waals surface area contributed by atoms with Crippen LogP contribution in [0.25, 0.3) is 0 Å². The van der Waals surface area contributed by atoms with Crippen molar-refractivity contribution in [3.8, 4) is 0 Å². The number of halogens is 3. The fourth-order valence-corrected chi connectivity index (χ4v) is 3.54. The number of hydrogen-bond donors (Lipinski definition) is 2. The normalized spacial score (nSPS) is 17.1. The summed E-state index contributed by atoms with van der Waals surface area (Å²) in [6, 6.07) is 12.4. The van der Waals surface area contributed by atoms with Crippen LogP contribution in [-0.2, 0) is 17.5 Å². The predicted molar refractivity (Wildman–Crippen MR) is 115 cm³/mol. The van der Waals surface area contributed by atoms with Crippen LogP contribution in [0.15, 0.2) is 53.7 Å². The van der Waals surface area contributed by atoms with Gasteiger partial charge in [-0.15, -0.1) is 0 Å². The smallest absolute Gasteiger partial charge is 0.376 e. The van der Waals surface area contributed by atoms with Crippen LogP contribution in [-0.4, -0.2) is 55.7 Å². The molecule has 1 atom stereocenters. The molecule has 0 spiro atoms. The lowest BCUT2D eigenvalue weighted by atomic mass is 10.1. The zero-order chi connectivity index (χ0) is 22.1. The molecule has 0 saturated carbocycles. The summed E-state index contributed by atoms with van der Waals surface area (Å²) in [5, 5.41) is 5.96. The number of guanidine groups is 1. The van der Waals surface area contributed by atoms with Gasteiger partial charge < -0.3 is 20.3 Å². The molecule has 2 N–H and O–H groups in total. The number of pyridine rings is 1. The summed E-state index contributed by atoms with van der Waals surface area (Å²) in [5.74, 6) is 0.997. The molecule has 0 amide bonds. The van der Waals surface area contributed by atoms with E-state index in [9.17, 15) is 13.2 Å². The molecular formula is C22H28F3N5O. The van der Waals surface area contributed by atoms with Crippen LogP contribution >= 0.6 is 0 Å². The van der Waals surface area contributed by atoms with Crippen LogP contribution in [0.3, 0.4) is 0 Å². The molecule has 1 aliphatic rings. The van der Waals surface area contributed by atoms with E-state index in [0.717, 1.165) is 37.1 Å². The van der Waals surface area contributed by atoms with Crippen molar-refractivity contribution in [2.75, 3.05) is 45.2 Å². The number of ether oxygens (including phenoxy) is 1. The highest BCUT2D eigenvalue weighted by atomic mass is 19.4. The first-order valence-electron chi connectivity index (χ1n) is 10.3. The van der Waals surface area contributed by atoms with Gasteiger partial charge in [-0.05, 0) is 24.1 Å². The van der Waals surface area contributed by atoms with Crippen molar-refractivity contribution in [3.05, 3.63) is 59.8 Å². The van der Waals surface area contributed by atoms with E-state index in [1.165, 1.54) is 12.3 Å². The third-order valence-corrected chi connectivity index (χ3v) is 5.08. The maximum absolute atomic E-state index is 13.0. The summed E-state index contributed by atoms with van der Waals surface area (Å²) >= 11 is 0. The first-order valence-corrected chi connectivity index (χ1v) is 10.3. The van der Waals surface area contributed by atoms with E-state index >= 15 is 0 Å². The predicted octanol–water partition coefficient (Wildman–Crippen LogP) is 3.63. The highest BCUT2D eigenvalue weighted by Gasteiger charge is 2.34. The number of rotatable bonds is 8. The minimum absolute atomic E-state index is 0.163. The van der Waals surface area contributed by atoms with Gasteiger partial charge >= 0.3 is 6.18 Å². The molecule has 168 valence electrons. The van der Waals surface area contributed by atoms with Crippen LogP contribution in [0, 0.1) is 5.92 Å². The Bertz CT molecular complexity index is 845. The van der Waals surface area contributed by atoms with Crippen LogP contribution in [0.5, 0.6) is 0 Å². The number of aliphatic imine (C=N–C) groups is 1. The van der Waals surface area contributed by atoms with E-state index in [2.05, 4.69) is 25.5 Å². The highest BCUT2D eigenvalue weighted by molar-refractivity contribution is 5.80. The molecule has 0 bridgehead atoms. The van der Waals surface area contributed by atoms with Crippen molar-refractivity contribution in [3.63, 3.8) is 0 Å². The van der Waals surface area contributed by atoms with Crippen LogP contribution < -0.4 is 10.6 Å². The molecule has 0 radical (unpaired) electrons. The molecule has 0 aliphatic carbocycles. The van der Waals surface area contributed by atoms with Crippen molar-refractivity contribution in [1.82, 2.24) is 15.2 Å². The fourth-order valence-electron chi connectivity index (χ4n) is 3.54. The first kappa shape index (κ1) is 22.9. The largest absolute Gasteiger partial charge is 0.419 e. The lowest BCUT2D eigenvalue weighted by Crippen LogP contribution is -2.42. The Balaban J connectivity index is 1.39. The minimum atomic E-state index is -4.44. The summed E-state index contributed by atoms with van der Waals surface area (Å²) in [5.41, 5.74) is 0.390. The number of nitrogens with one attached hydrogen (secondary N) is 2. The summed E-state index contributed by atoms with van der Waals surface area (Å²) in [6.07, 6.45) is -2.09. The number of aromatic nitrogens is 1. The number of anilines is 1. The molecule has 1 aromatic heterocycles. The first-order chi connectivity index (χ1) is 15.0. The molecule has 31 heavy (non-hydrogen) atoms. The van der Waals surface area contributed by atoms with Crippen LogP contribution in [0.2, 0.25) is 0 Å². The van der Waals surface area contributed by atoms with Gasteiger partial charge in [-0.25, -0.2) is 4.98 Å². The zero-order valence-electron chi connectivity index (χ0n) is 17.5. The lowest BCUT2D eigenvalue weighted by molar-refractivity contribution is -0.137. The zero-order valence-corrected chi connectivity index (χ0v) is 17.5. The van der Waals surface area contributed by atoms with Crippen molar-refractivity contribution in [2.45, 2.75) is 19.2 Å². The molecule has 2 aromatic rings. The summed E-state index contributed by atoms with van der Waals surface area (Å²) in [4.78, 5) is 10.3. The Morgan fingerprint density at radius 1 is 1.19 bits per heavy atom. The van der Waals surface area contributed by atoms with Crippen molar-refractivity contribution < 1.29 is 17.9 Å². The van der Waals surface area contributed by atoms with Gasteiger partial charge in [-0.1, -0.05) is 30.3 Å². The van der Waals surface area contributed by atoms with Gasteiger partial charge in [-0.2, -0.15) is 13.2 Å². The molecule has 6 nitrogen and oxygen atoms in total. The van der Waals surface area contributed by atoms with Crippen molar-refractivity contribution >= 4 is 11.8 Å². The van der Waals surface area contributed by atoms with E-state index in [4.69, 9.17) is 4.74 Å². The second-order valence-corrected chi connectivity index (χ2v) is 7.40. The summed E-state index contributed by atoms with van der Waals surface area (Å²) in [6.45, 7) is 3.70.